The van der Waals surface area contributed by atoms with E-state index < -0.39 is 0 Å². The van der Waals surface area contributed by atoms with Gasteiger partial charge in [0.25, 0.3) is 0 Å². The molecule has 160 valence electrons. The minimum Gasteiger partial charge on any atom is -0.326 e. The number of carbonyl (C=O) groups excluding carboxylic acids is 2. The lowest BCUT2D eigenvalue weighted by Crippen LogP contribution is -2.41. The van der Waals surface area contributed by atoms with Crippen LogP contribution >= 0.6 is 0 Å². The lowest BCUT2D eigenvalue weighted by Gasteiger charge is -2.30. The molecular weight excluding hydrogens is 386 g/mol. The van der Waals surface area contributed by atoms with E-state index in [2.05, 4.69) is 21.6 Å². The Morgan fingerprint density at radius 2 is 1.58 bits per heavy atom. The average Bonchev–Trinajstić information content (AvgIpc) is 2.74. The van der Waals surface area contributed by atoms with E-state index in [0.717, 1.165) is 59.2 Å². The molecule has 5 heteroatoms. The molecule has 3 aromatic rings. The number of benzene rings is 3. The monoisotopic (exact) mass is 415 g/mol. The molecule has 0 radical (unpaired) electrons. The van der Waals surface area contributed by atoms with E-state index in [-0.39, 0.29) is 17.7 Å². The number of fused-ring (bicyclic) bond motifs is 1. The second kappa shape index (κ2) is 9.31. The fourth-order valence-electron chi connectivity index (χ4n) is 4.37. The Kier molecular flexibility index (Phi) is 6.33. The minimum atomic E-state index is -0.0190. The first-order chi connectivity index (χ1) is 15.0. The Morgan fingerprint density at radius 1 is 0.903 bits per heavy atom. The van der Waals surface area contributed by atoms with Crippen molar-refractivity contribution < 1.29 is 9.59 Å². The van der Waals surface area contributed by atoms with Gasteiger partial charge in [0.05, 0.1) is 6.54 Å². The average molecular weight is 416 g/mol. The van der Waals surface area contributed by atoms with Crippen LogP contribution in [0.4, 0.5) is 11.4 Å². The zero-order valence-electron chi connectivity index (χ0n) is 18.2. The molecule has 4 rings (SSSR count). The summed E-state index contributed by atoms with van der Waals surface area (Å²) >= 11 is 0. The van der Waals surface area contributed by atoms with Crippen LogP contribution in [0.1, 0.15) is 24.0 Å². The van der Waals surface area contributed by atoms with Crippen molar-refractivity contribution in [3.8, 4) is 0 Å². The Labute approximate surface area is 183 Å². The standard InChI is InChI=1S/C26H29N3O2/c1-18-14-19(2)16-22(15-18)27-26(31)21-10-12-29(13-11-21)17-25(30)28-24-9-5-7-20-6-3-4-8-23(20)24/h3-9,14-16,21H,10-13,17H2,1-2H3,(H,27,31)(H,28,30). The van der Waals surface area contributed by atoms with Gasteiger partial charge in [-0.2, -0.15) is 0 Å². The highest BCUT2D eigenvalue weighted by Crippen LogP contribution is 2.24. The van der Waals surface area contributed by atoms with Gasteiger partial charge in [0.2, 0.25) is 11.8 Å². The van der Waals surface area contributed by atoms with Crippen molar-refractivity contribution in [1.29, 1.82) is 0 Å². The maximum Gasteiger partial charge on any atom is 0.238 e. The summed E-state index contributed by atoms with van der Waals surface area (Å²) in [5, 5.41) is 8.26. The van der Waals surface area contributed by atoms with Gasteiger partial charge in [-0.1, -0.05) is 42.5 Å². The highest BCUT2D eigenvalue weighted by molar-refractivity contribution is 6.02. The highest BCUT2D eigenvalue weighted by Gasteiger charge is 2.26. The summed E-state index contributed by atoms with van der Waals surface area (Å²) in [5.41, 5.74) is 3.98. The molecule has 0 aromatic heterocycles. The molecule has 0 unspecified atom stereocenters. The third-order valence-corrected chi connectivity index (χ3v) is 5.88. The molecular formula is C26H29N3O2. The van der Waals surface area contributed by atoms with Crippen LogP contribution in [0.3, 0.4) is 0 Å². The van der Waals surface area contributed by atoms with Gasteiger partial charge in [-0.05, 0) is 74.5 Å². The first-order valence-electron chi connectivity index (χ1n) is 10.9. The van der Waals surface area contributed by atoms with Crippen molar-refractivity contribution in [2.45, 2.75) is 26.7 Å². The number of piperidine rings is 1. The number of likely N-dealkylation sites (tertiary alicyclic amines) is 1. The molecule has 1 heterocycles. The van der Waals surface area contributed by atoms with E-state index in [4.69, 9.17) is 0 Å². The third-order valence-electron chi connectivity index (χ3n) is 5.88. The van der Waals surface area contributed by atoms with Gasteiger partial charge in [0.1, 0.15) is 0 Å². The van der Waals surface area contributed by atoms with Gasteiger partial charge in [-0.15, -0.1) is 0 Å². The van der Waals surface area contributed by atoms with Crippen LogP contribution in [0.25, 0.3) is 10.8 Å². The van der Waals surface area contributed by atoms with Crippen LogP contribution in [0.2, 0.25) is 0 Å². The number of aryl methyl sites for hydroxylation is 2. The van der Waals surface area contributed by atoms with Gasteiger partial charge in [-0.3, -0.25) is 14.5 Å². The van der Waals surface area contributed by atoms with Gasteiger partial charge in [-0.25, -0.2) is 0 Å². The van der Waals surface area contributed by atoms with E-state index in [9.17, 15) is 9.59 Å². The van der Waals surface area contributed by atoms with Crippen molar-refractivity contribution in [3.63, 3.8) is 0 Å². The van der Waals surface area contributed by atoms with Crippen molar-refractivity contribution >= 4 is 34.0 Å². The molecule has 2 N–H and O–H groups in total. The van der Waals surface area contributed by atoms with Crippen LogP contribution in [-0.2, 0) is 9.59 Å². The molecule has 3 aromatic carbocycles. The Balaban J connectivity index is 1.28. The van der Waals surface area contributed by atoms with E-state index in [1.165, 1.54) is 0 Å². The zero-order valence-corrected chi connectivity index (χ0v) is 18.2. The number of amides is 2. The van der Waals surface area contributed by atoms with Crippen LogP contribution in [0, 0.1) is 19.8 Å². The van der Waals surface area contributed by atoms with Gasteiger partial charge >= 0.3 is 0 Å². The molecule has 1 saturated heterocycles. The Bertz CT molecular complexity index is 1080. The Hall–Kier alpha value is -3.18. The van der Waals surface area contributed by atoms with E-state index in [0.29, 0.717) is 6.54 Å². The Morgan fingerprint density at radius 3 is 2.32 bits per heavy atom. The predicted octanol–water partition coefficient (Wildman–Crippen LogP) is 4.75. The number of nitrogens with zero attached hydrogens (tertiary/aromatic N) is 1. The molecule has 1 fully saturated rings. The van der Waals surface area contributed by atoms with Gasteiger partial charge in [0.15, 0.2) is 0 Å². The fourth-order valence-corrected chi connectivity index (χ4v) is 4.37. The minimum absolute atomic E-state index is 0.0156. The topological polar surface area (TPSA) is 61.4 Å². The van der Waals surface area contributed by atoms with Gasteiger partial charge in [0, 0.05) is 22.7 Å². The second-order valence-corrected chi connectivity index (χ2v) is 8.49. The summed E-state index contributed by atoms with van der Waals surface area (Å²) in [6.07, 6.45) is 1.52. The number of carbonyl (C=O) groups is 2. The van der Waals surface area contributed by atoms with E-state index >= 15 is 0 Å². The van der Waals surface area contributed by atoms with Gasteiger partial charge < -0.3 is 10.6 Å². The molecule has 0 saturated carbocycles. The van der Waals surface area contributed by atoms with E-state index in [1.54, 1.807) is 0 Å². The normalized spacial score (nSPS) is 15.0. The van der Waals surface area contributed by atoms with Crippen molar-refractivity contribution in [2.75, 3.05) is 30.3 Å². The summed E-state index contributed by atoms with van der Waals surface area (Å²) in [6.45, 7) is 5.89. The SMILES string of the molecule is Cc1cc(C)cc(NC(=O)C2CCN(CC(=O)Nc3cccc4ccccc34)CC2)c1. The fraction of sp³-hybridized carbons (Fsp3) is 0.308. The van der Waals surface area contributed by atoms with E-state index in [1.807, 2.05) is 68.4 Å². The first kappa shape index (κ1) is 21.1. The summed E-state index contributed by atoms with van der Waals surface area (Å²) in [4.78, 5) is 27.4. The summed E-state index contributed by atoms with van der Waals surface area (Å²) in [5.74, 6) is 0.0394. The predicted molar refractivity (Wildman–Crippen MR) is 126 cm³/mol. The van der Waals surface area contributed by atoms with Crippen molar-refractivity contribution in [1.82, 2.24) is 4.90 Å². The molecule has 1 aliphatic rings. The number of hydrogen-bond donors (Lipinski definition) is 2. The smallest absolute Gasteiger partial charge is 0.238 e. The lowest BCUT2D eigenvalue weighted by atomic mass is 9.95. The number of nitrogens with one attached hydrogen (secondary N) is 2. The third kappa shape index (κ3) is 5.30. The number of rotatable bonds is 5. The molecule has 2 amide bonds. The summed E-state index contributed by atoms with van der Waals surface area (Å²) < 4.78 is 0. The highest BCUT2D eigenvalue weighted by atomic mass is 16.2. The van der Waals surface area contributed by atoms with Crippen LogP contribution in [0.5, 0.6) is 0 Å². The number of hydrogen-bond acceptors (Lipinski definition) is 3. The molecule has 0 bridgehead atoms. The molecule has 1 aliphatic heterocycles. The second-order valence-electron chi connectivity index (χ2n) is 8.49. The van der Waals surface area contributed by atoms with Crippen molar-refractivity contribution in [2.24, 2.45) is 5.92 Å². The molecule has 0 aliphatic carbocycles. The summed E-state index contributed by atoms with van der Waals surface area (Å²) in [6, 6.07) is 20.1. The van der Waals surface area contributed by atoms with Crippen LogP contribution < -0.4 is 10.6 Å². The van der Waals surface area contributed by atoms with Crippen LogP contribution in [0.15, 0.2) is 60.7 Å². The molecule has 5 nitrogen and oxygen atoms in total. The molecule has 0 atom stereocenters. The maximum atomic E-state index is 12.7. The van der Waals surface area contributed by atoms with Crippen LogP contribution in [-0.4, -0.2) is 36.3 Å². The first-order valence-corrected chi connectivity index (χ1v) is 10.9. The quantitative estimate of drug-likeness (QED) is 0.632. The number of anilines is 2. The molecule has 0 spiro atoms. The zero-order chi connectivity index (χ0) is 21.8. The lowest BCUT2D eigenvalue weighted by molar-refractivity contribution is -0.121. The van der Waals surface area contributed by atoms with Crippen molar-refractivity contribution in [3.05, 3.63) is 71.8 Å². The summed E-state index contributed by atoms with van der Waals surface area (Å²) in [7, 11) is 0. The molecule has 31 heavy (non-hydrogen) atoms. The largest absolute Gasteiger partial charge is 0.326 e. The maximum absolute atomic E-state index is 12.7.